The summed E-state index contributed by atoms with van der Waals surface area (Å²) < 4.78 is 4.69. The molecule has 1 aromatic rings. The summed E-state index contributed by atoms with van der Waals surface area (Å²) >= 11 is 2.27. The molecular formula is C22H28N8O6S2. The molecule has 6 heterocycles. The van der Waals surface area contributed by atoms with Crippen LogP contribution in [0.1, 0.15) is 32.0 Å². The Morgan fingerprint density at radius 3 is 2.53 bits per heavy atom. The van der Waals surface area contributed by atoms with Gasteiger partial charge in [0.15, 0.2) is 5.13 Å². The molecule has 0 aromatic carbocycles. The van der Waals surface area contributed by atoms with Crippen molar-refractivity contribution in [1.82, 2.24) is 24.9 Å². The van der Waals surface area contributed by atoms with E-state index in [9.17, 15) is 24.3 Å². The molecule has 14 nitrogen and oxygen atoms in total. The number of quaternary nitrogens is 1. The van der Waals surface area contributed by atoms with E-state index in [4.69, 9.17) is 10.6 Å². The highest BCUT2D eigenvalue weighted by Crippen LogP contribution is 2.43. The molecule has 5 aliphatic rings. The molecule has 0 saturated carbocycles. The number of aliphatic carboxylic acids is 1. The molecule has 2 bridgehead atoms. The predicted octanol–water partition coefficient (Wildman–Crippen LogP) is -2.24. The van der Waals surface area contributed by atoms with Crippen molar-refractivity contribution < 1.29 is 33.6 Å². The van der Waals surface area contributed by atoms with Gasteiger partial charge in [-0.3, -0.25) is 19.3 Å². The average Bonchev–Trinajstić information content (AvgIpc) is 3.31. The summed E-state index contributed by atoms with van der Waals surface area (Å²) in [6.07, 6.45) is 2.49. The van der Waals surface area contributed by atoms with Crippen molar-refractivity contribution in [3.63, 3.8) is 0 Å². The van der Waals surface area contributed by atoms with E-state index in [-0.39, 0.29) is 33.8 Å². The van der Waals surface area contributed by atoms with E-state index >= 15 is 0 Å². The summed E-state index contributed by atoms with van der Waals surface area (Å²) in [7, 11) is 1.26. The van der Waals surface area contributed by atoms with Crippen molar-refractivity contribution in [2.45, 2.75) is 43.1 Å². The molecule has 3 amide bonds. The molecule has 0 spiro atoms. The van der Waals surface area contributed by atoms with Crippen molar-refractivity contribution in [2.75, 3.05) is 44.8 Å². The van der Waals surface area contributed by atoms with Crippen LogP contribution < -0.4 is 21.5 Å². The van der Waals surface area contributed by atoms with Gasteiger partial charge in [-0.15, -0.1) is 11.8 Å². The number of nitrogen functional groups attached to an aromatic ring is 1. The lowest BCUT2D eigenvalue weighted by molar-refractivity contribution is -0.938. The van der Waals surface area contributed by atoms with E-state index in [1.807, 2.05) is 0 Å². The van der Waals surface area contributed by atoms with Crippen LogP contribution >= 0.6 is 23.3 Å². The van der Waals surface area contributed by atoms with Crippen LogP contribution in [0, 0.1) is 0 Å². The first-order valence-corrected chi connectivity index (χ1v) is 13.9. The fourth-order valence-electron chi connectivity index (χ4n) is 5.88. The van der Waals surface area contributed by atoms with Gasteiger partial charge in [0, 0.05) is 49.0 Å². The minimum atomic E-state index is -1.41. The van der Waals surface area contributed by atoms with Crippen LogP contribution in [-0.4, -0.2) is 104 Å². The number of carboxylic acid groups (broad SMARTS) is 1. The molecule has 0 unspecified atom stereocenters. The van der Waals surface area contributed by atoms with Crippen molar-refractivity contribution in [3.05, 3.63) is 17.1 Å². The lowest BCUT2D eigenvalue weighted by Gasteiger charge is -2.56. The monoisotopic (exact) mass is 564 g/mol. The molecule has 38 heavy (non-hydrogen) atoms. The van der Waals surface area contributed by atoms with Gasteiger partial charge in [-0.1, -0.05) is 5.16 Å². The minimum absolute atomic E-state index is 0.0332. The summed E-state index contributed by atoms with van der Waals surface area (Å²) in [6, 6.07) is -0.961. The summed E-state index contributed by atoms with van der Waals surface area (Å²) in [4.78, 5) is 59.8. The van der Waals surface area contributed by atoms with Gasteiger partial charge >= 0.3 is 0 Å². The quantitative estimate of drug-likeness (QED) is 0.135. The van der Waals surface area contributed by atoms with Gasteiger partial charge in [0.05, 0.1) is 36.8 Å². The molecule has 0 aliphatic carbocycles. The van der Waals surface area contributed by atoms with E-state index in [0.717, 1.165) is 54.9 Å². The number of aromatic nitrogens is 2. The minimum Gasteiger partial charge on any atom is -0.543 e. The van der Waals surface area contributed by atoms with Crippen LogP contribution in [0.2, 0.25) is 0 Å². The maximum atomic E-state index is 13.1. The Kier molecular flexibility index (Phi) is 6.81. The number of β-lactam (4-membered cyclic amide) rings is 1. The molecule has 4 fully saturated rings. The van der Waals surface area contributed by atoms with Gasteiger partial charge in [-0.25, -0.2) is 0 Å². The number of carbonyl (C=O) groups is 4. The number of nitrogens with two attached hydrogens (primary N) is 1. The first-order valence-electron chi connectivity index (χ1n) is 12.1. The molecule has 1 aromatic heterocycles. The highest BCUT2D eigenvalue weighted by molar-refractivity contribution is 8.00. The number of carboxylic acids is 1. The average molecular weight is 565 g/mol. The maximum Gasteiger partial charge on any atom is 0.278 e. The van der Waals surface area contributed by atoms with E-state index in [1.54, 1.807) is 0 Å². The number of hydrogen-bond donors (Lipinski definition) is 3. The summed E-state index contributed by atoms with van der Waals surface area (Å²) in [5, 5.41) is 21.2. The number of carbonyl (C=O) groups excluding carboxylic acids is 4. The second-order valence-electron chi connectivity index (χ2n) is 10.1. The fourth-order valence-corrected chi connectivity index (χ4v) is 7.65. The number of hydrogen-bond acceptors (Lipinski definition) is 12. The largest absolute Gasteiger partial charge is 0.543 e. The lowest BCUT2D eigenvalue weighted by atomic mass is 9.77. The summed E-state index contributed by atoms with van der Waals surface area (Å²) in [5.41, 5.74) is 5.73. The van der Waals surface area contributed by atoms with Crippen LogP contribution in [0.15, 0.2) is 16.4 Å². The Hall–Kier alpha value is -3.24. The zero-order valence-corrected chi connectivity index (χ0v) is 22.5. The Bertz CT molecular complexity index is 1240. The number of anilines is 1. The summed E-state index contributed by atoms with van der Waals surface area (Å²) in [5.74, 6) is -2.37. The normalized spacial score (nSPS) is 30.4. The SMILES string of the molecule is CO/N=C(\C(=O)N[C@@H]1C(=O)N2C(C(=O)[O-])=C(C[N+]34CCC(NC(C)=O)(CC3)CC4)CS[C@H]12)c1nsc(N)n1. The molecule has 6 rings (SSSR count). The van der Waals surface area contributed by atoms with Crippen LogP contribution in [0.25, 0.3) is 0 Å². The number of nitrogens with zero attached hydrogens (tertiary/aromatic N) is 5. The third-order valence-electron chi connectivity index (χ3n) is 7.74. The first kappa shape index (κ1) is 26.4. The standard InChI is InChI=1S/C22H28N8O6S2/c1-11(31)26-22-3-6-30(7-4-22,8-5-22)9-12-10-37-19-14(18(33)29(19)15(12)20(34)35)24-17(32)13(27-36-2)16-25-21(23)38-28-16/h14,19H,3-10H2,1-2H3,(H4-,23,24,25,26,28,31,32,34,35)/b27-13-/t14-,19-,22?,30?/m1/s1. The van der Waals surface area contributed by atoms with Gasteiger partial charge in [0.2, 0.25) is 17.4 Å². The second kappa shape index (κ2) is 9.81. The van der Waals surface area contributed by atoms with E-state index in [1.165, 1.54) is 30.7 Å². The number of nitrogens with one attached hydrogen (secondary N) is 2. The zero-order valence-electron chi connectivity index (χ0n) is 20.9. The van der Waals surface area contributed by atoms with Crippen LogP contribution in [-0.2, 0) is 24.0 Å². The van der Waals surface area contributed by atoms with Gasteiger partial charge in [-0.05, 0) is 0 Å². The molecule has 4 saturated heterocycles. The fraction of sp³-hybridized carbons (Fsp3) is 0.591. The first-order chi connectivity index (χ1) is 18.1. The molecule has 2 atom stereocenters. The van der Waals surface area contributed by atoms with Gasteiger partial charge in [-0.2, -0.15) is 9.36 Å². The Labute approximate surface area is 226 Å². The van der Waals surface area contributed by atoms with Crippen molar-refractivity contribution in [1.29, 1.82) is 0 Å². The van der Waals surface area contributed by atoms with Crippen molar-refractivity contribution >= 4 is 57.8 Å². The van der Waals surface area contributed by atoms with Gasteiger partial charge < -0.3 is 35.6 Å². The van der Waals surface area contributed by atoms with Crippen molar-refractivity contribution in [2.24, 2.45) is 5.16 Å². The van der Waals surface area contributed by atoms with E-state index in [0.29, 0.717) is 17.9 Å². The highest BCUT2D eigenvalue weighted by Gasteiger charge is 2.55. The third-order valence-corrected chi connectivity index (χ3v) is 9.62. The Morgan fingerprint density at radius 2 is 1.97 bits per heavy atom. The number of fused-ring (bicyclic) bond motifs is 4. The van der Waals surface area contributed by atoms with Crippen LogP contribution in [0.3, 0.4) is 0 Å². The lowest BCUT2D eigenvalue weighted by Crippen LogP contribution is -2.72. The maximum absolute atomic E-state index is 13.1. The Morgan fingerprint density at radius 1 is 1.29 bits per heavy atom. The van der Waals surface area contributed by atoms with Crippen molar-refractivity contribution in [3.8, 4) is 0 Å². The molecule has 204 valence electrons. The zero-order chi connectivity index (χ0) is 27.2. The topological polar surface area (TPSA) is 192 Å². The number of piperidine rings is 3. The molecule has 4 N–H and O–H groups in total. The number of oxime groups is 1. The molecule has 16 heteroatoms. The van der Waals surface area contributed by atoms with Crippen LogP contribution in [0.5, 0.6) is 0 Å². The molecule has 0 radical (unpaired) electrons. The second-order valence-corrected chi connectivity index (χ2v) is 11.9. The van der Waals surface area contributed by atoms with E-state index < -0.39 is 29.2 Å². The van der Waals surface area contributed by atoms with E-state index in [2.05, 4.69) is 25.1 Å². The number of amides is 3. The van der Waals surface area contributed by atoms with Crippen LogP contribution in [0.4, 0.5) is 5.13 Å². The van der Waals surface area contributed by atoms with Gasteiger partial charge in [0.25, 0.3) is 11.8 Å². The third kappa shape index (κ3) is 4.60. The smallest absolute Gasteiger partial charge is 0.278 e. The highest BCUT2D eigenvalue weighted by atomic mass is 32.2. The predicted molar refractivity (Wildman–Crippen MR) is 135 cm³/mol. The number of thioether (sulfide) groups is 1. The van der Waals surface area contributed by atoms with Gasteiger partial charge in [0.1, 0.15) is 25.1 Å². The summed E-state index contributed by atoms with van der Waals surface area (Å²) in [6.45, 7) is 4.50. The number of rotatable bonds is 8. The molecule has 5 aliphatic heterocycles. The Balaban J connectivity index is 1.30. The molecular weight excluding hydrogens is 536 g/mol.